The maximum Gasteiger partial charge on any atom is 0.0423 e. The zero-order valence-electron chi connectivity index (χ0n) is 16.0. The summed E-state index contributed by atoms with van der Waals surface area (Å²) in [7, 11) is 0. The van der Waals surface area contributed by atoms with Crippen molar-refractivity contribution in [3.8, 4) is 0 Å². The van der Waals surface area contributed by atoms with Crippen LogP contribution in [-0.4, -0.2) is 48.1 Å². The van der Waals surface area contributed by atoms with Crippen LogP contribution in [0.2, 0.25) is 10.0 Å². The molecule has 0 N–H and O–H groups in total. The highest BCUT2D eigenvalue weighted by Crippen LogP contribution is 2.45. The molecule has 2 bridgehead atoms. The van der Waals surface area contributed by atoms with Gasteiger partial charge in [0.15, 0.2) is 0 Å². The molecule has 1 aromatic rings. The molecule has 2 nitrogen and oxygen atoms in total. The van der Waals surface area contributed by atoms with Gasteiger partial charge in [-0.15, -0.1) is 0 Å². The molecular weight excluding hydrogens is 375 g/mol. The first-order valence-electron chi connectivity index (χ1n) is 10.8. The third kappa shape index (κ3) is 3.71. The lowest BCUT2D eigenvalue weighted by Crippen LogP contribution is -2.59. The van der Waals surface area contributed by atoms with E-state index in [1.807, 2.05) is 6.07 Å². The van der Waals surface area contributed by atoms with Crippen LogP contribution in [0.1, 0.15) is 44.1 Å². The number of likely N-dealkylation sites (tertiary alicyclic amines) is 1. The molecule has 1 aliphatic carbocycles. The third-order valence-electron chi connectivity index (χ3n) is 7.37. The van der Waals surface area contributed by atoms with Gasteiger partial charge in [-0.3, -0.25) is 9.80 Å². The van der Waals surface area contributed by atoms with Gasteiger partial charge in [-0.25, -0.2) is 0 Å². The molecule has 1 aromatic carbocycles. The molecule has 0 aromatic heterocycles. The van der Waals surface area contributed by atoms with Crippen LogP contribution in [0.3, 0.4) is 0 Å². The Morgan fingerprint density at radius 3 is 2.70 bits per heavy atom. The van der Waals surface area contributed by atoms with Gasteiger partial charge in [0.1, 0.15) is 0 Å². The number of fused-ring (bicyclic) bond motifs is 6. The highest BCUT2D eigenvalue weighted by molar-refractivity contribution is 6.34. The molecule has 27 heavy (non-hydrogen) atoms. The minimum absolute atomic E-state index is 0.674. The third-order valence-corrected chi connectivity index (χ3v) is 7.81. The summed E-state index contributed by atoms with van der Waals surface area (Å²) in [5.74, 6) is 1.65. The predicted molar refractivity (Wildman–Crippen MR) is 114 cm³/mol. The number of halogens is 2. The van der Waals surface area contributed by atoms with Crippen LogP contribution >= 0.6 is 23.2 Å². The fourth-order valence-corrected chi connectivity index (χ4v) is 6.93. The van der Waals surface area contributed by atoms with Gasteiger partial charge in [0.25, 0.3) is 0 Å². The summed E-state index contributed by atoms with van der Waals surface area (Å²) in [5.41, 5.74) is 3.02. The molecular formula is C23H30Cl2N2. The average molecular weight is 405 g/mol. The van der Waals surface area contributed by atoms with E-state index >= 15 is 0 Å². The summed E-state index contributed by atoms with van der Waals surface area (Å²) in [6.07, 6.45) is 12.0. The van der Waals surface area contributed by atoms with Crippen molar-refractivity contribution in [2.45, 2.75) is 57.0 Å². The zero-order chi connectivity index (χ0) is 18.4. The minimum Gasteiger partial charge on any atom is -0.299 e. The topological polar surface area (TPSA) is 6.48 Å². The van der Waals surface area contributed by atoms with E-state index in [1.165, 1.54) is 63.7 Å². The molecule has 0 saturated carbocycles. The molecule has 0 radical (unpaired) electrons. The first-order chi connectivity index (χ1) is 13.2. The van der Waals surface area contributed by atoms with Gasteiger partial charge in [-0.2, -0.15) is 0 Å². The standard InChI is InChI=1S/C23H30Cl2N2/c24-20-10-16(11-21(25)14-20)6-9-26-8-3-4-17-12-18-13-19(23(17)26)15-27-7-2-1-5-22(18)27/h10-12,14,18-19,22-23H,1-9,13,15H2/t18-,19+,22+,23+/m0/s1. The highest BCUT2D eigenvalue weighted by atomic mass is 35.5. The van der Waals surface area contributed by atoms with Gasteiger partial charge in [-0.1, -0.05) is 41.3 Å². The number of piperidine rings is 3. The number of hydrogen-bond donors (Lipinski definition) is 0. The Kier molecular flexibility index (Phi) is 5.28. The lowest BCUT2D eigenvalue weighted by atomic mass is 9.68. The predicted octanol–water partition coefficient (Wildman–Crippen LogP) is 5.43. The lowest BCUT2D eigenvalue weighted by molar-refractivity contribution is -0.000370. The Hall–Kier alpha value is -0.540. The SMILES string of the molecule is Clc1cc(Cl)cc(CCN2CCCC3=C[C@H]4C[C@H](CN5CCCC[C@H]45)[C@@H]32)c1. The van der Waals surface area contributed by atoms with E-state index in [2.05, 4.69) is 28.0 Å². The van der Waals surface area contributed by atoms with Gasteiger partial charge >= 0.3 is 0 Å². The van der Waals surface area contributed by atoms with Crippen molar-refractivity contribution in [1.82, 2.24) is 9.80 Å². The molecule has 4 heteroatoms. The van der Waals surface area contributed by atoms with Crippen LogP contribution in [0.25, 0.3) is 0 Å². The second kappa shape index (κ2) is 7.71. The molecule has 5 rings (SSSR count). The van der Waals surface area contributed by atoms with Crippen LogP contribution in [0, 0.1) is 11.8 Å². The van der Waals surface area contributed by atoms with Crippen molar-refractivity contribution in [2.75, 3.05) is 26.2 Å². The minimum atomic E-state index is 0.674. The molecule has 4 aliphatic rings. The Bertz CT molecular complexity index is 711. The molecule has 3 aliphatic heterocycles. The zero-order valence-corrected chi connectivity index (χ0v) is 17.6. The summed E-state index contributed by atoms with van der Waals surface area (Å²) < 4.78 is 0. The van der Waals surface area contributed by atoms with E-state index in [4.69, 9.17) is 23.2 Å². The first-order valence-corrected chi connectivity index (χ1v) is 11.6. The van der Waals surface area contributed by atoms with Crippen LogP contribution in [-0.2, 0) is 6.42 Å². The Morgan fingerprint density at radius 2 is 1.85 bits per heavy atom. The molecule has 4 atom stereocenters. The maximum atomic E-state index is 6.20. The number of nitrogens with zero attached hydrogens (tertiary/aromatic N) is 2. The van der Waals surface area contributed by atoms with E-state index in [9.17, 15) is 0 Å². The van der Waals surface area contributed by atoms with Crippen molar-refractivity contribution >= 4 is 23.2 Å². The molecule has 0 unspecified atom stereocenters. The van der Waals surface area contributed by atoms with Gasteiger partial charge in [0.05, 0.1) is 0 Å². The number of hydrogen-bond acceptors (Lipinski definition) is 2. The Balaban J connectivity index is 1.33. The Labute approximate surface area is 173 Å². The van der Waals surface area contributed by atoms with Crippen molar-refractivity contribution < 1.29 is 0 Å². The largest absolute Gasteiger partial charge is 0.299 e. The van der Waals surface area contributed by atoms with Crippen LogP contribution < -0.4 is 0 Å². The van der Waals surface area contributed by atoms with E-state index in [0.717, 1.165) is 40.9 Å². The van der Waals surface area contributed by atoms with Crippen LogP contribution in [0.15, 0.2) is 29.8 Å². The monoisotopic (exact) mass is 404 g/mol. The summed E-state index contributed by atoms with van der Waals surface area (Å²) >= 11 is 12.4. The summed E-state index contributed by atoms with van der Waals surface area (Å²) in [5, 5.41) is 1.50. The molecule has 3 fully saturated rings. The lowest BCUT2D eigenvalue weighted by Gasteiger charge is -2.54. The van der Waals surface area contributed by atoms with Gasteiger partial charge in [0, 0.05) is 35.2 Å². The van der Waals surface area contributed by atoms with Crippen molar-refractivity contribution in [3.63, 3.8) is 0 Å². The normalized spacial score (nSPS) is 33.9. The van der Waals surface area contributed by atoms with Crippen LogP contribution in [0.5, 0.6) is 0 Å². The molecule has 3 heterocycles. The number of rotatable bonds is 3. The van der Waals surface area contributed by atoms with Crippen molar-refractivity contribution in [2.24, 2.45) is 11.8 Å². The quantitative estimate of drug-likeness (QED) is 0.619. The first kappa shape index (κ1) is 18.5. The van der Waals surface area contributed by atoms with Crippen LogP contribution in [0.4, 0.5) is 0 Å². The molecule has 146 valence electrons. The van der Waals surface area contributed by atoms with E-state index in [0.29, 0.717) is 6.04 Å². The van der Waals surface area contributed by atoms with Gasteiger partial charge in [0.2, 0.25) is 0 Å². The Morgan fingerprint density at radius 1 is 1.00 bits per heavy atom. The molecule has 0 amide bonds. The summed E-state index contributed by atoms with van der Waals surface area (Å²) in [6, 6.07) is 7.49. The molecule has 0 spiro atoms. The smallest absolute Gasteiger partial charge is 0.0423 e. The van der Waals surface area contributed by atoms with E-state index in [-0.39, 0.29) is 0 Å². The fraction of sp³-hybridized carbons (Fsp3) is 0.652. The van der Waals surface area contributed by atoms with E-state index in [1.54, 1.807) is 5.57 Å². The summed E-state index contributed by atoms with van der Waals surface area (Å²) in [6.45, 7) is 5.00. The second-order valence-corrected chi connectivity index (χ2v) is 9.94. The van der Waals surface area contributed by atoms with Crippen molar-refractivity contribution in [3.05, 3.63) is 45.5 Å². The number of benzene rings is 1. The molecule has 3 saturated heterocycles. The van der Waals surface area contributed by atoms with Gasteiger partial charge in [-0.05, 0) is 87.2 Å². The average Bonchev–Trinajstić information content (AvgIpc) is 2.65. The summed E-state index contributed by atoms with van der Waals surface area (Å²) in [4.78, 5) is 5.61. The van der Waals surface area contributed by atoms with Crippen molar-refractivity contribution in [1.29, 1.82) is 0 Å². The van der Waals surface area contributed by atoms with Gasteiger partial charge < -0.3 is 0 Å². The maximum absolute atomic E-state index is 6.20. The highest BCUT2D eigenvalue weighted by Gasteiger charge is 2.45. The second-order valence-electron chi connectivity index (χ2n) is 9.07. The fourth-order valence-electron chi connectivity index (χ4n) is 6.36. The van der Waals surface area contributed by atoms with E-state index < -0.39 is 0 Å².